The smallest absolute Gasteiger partial charge is 0.261 e. The summed E-state index contributed by atoms with van der Waals surface area (Å²) in [5.41, 5.74) is 6.20. The number of nitrogens with two attached hydrogens (primary N) is 1. The standard InChI is InChI=1S/C11H12N4O/c1-7-4-3-5-10(14-7)15-8(2)9(6-12)11(13)16/h3-5H,1-2H3,(H2,13,16)(H,14,15). The van der Waals surface area contributed by atoms with E-state index in [1.54, 1.807) is 19.1 Å². The van der Waals surface area contributed by atoms with Crippen molar-refractivity contribution in [3.8, 4) is 6.07 Å². The first-order valence-corrected chi connectivity index (χ1v) is 4.66. The average molecular weight is 216 g/mol. The zero-order valence-electron chi connectivity index (χ0n) is 9.11. The molecule has 82 valence electrons. The SMILES string of the molecule is CC(Nc1cccc(C)n1)=C(C#N)C(N)=O. The fourth-order valence-corrected chi connectivity index (χ4v) is 1.19. The lowest BCUT2D eigenvalue weighted by atomic mass is 10.2. The third-order valence-electron chi connectivity index (χ3n) is 1.94. The van der Waals surface area contributed by atoms with E-state index in [4.69, 9.17) is 11.0 Å². The summed E-state index contributed by atoms with van der Waals surface area (Å²) >= 11 is 0. The maximum Gasteiger partial charge on any atom is 0.261 e. The Morgan fingerprint density at radius 3 is 2.75 bits per heavy atom. The molecule has 0 spiro atoms. The molecule has 1 aromatic heterocycles. The Morgan fingerprint density at radius 2 is 2.25 bits per heavy atom. The van der Waals surface area contributed by atoms with Crippen LogP contribution in [0, 0.1) is 18.3 Å². The van der Waals surface area contributed by atoms with Crippen LogP contribution in [0.25, 0.3) is 0 Å². The molecule has 3 N–H and O–H groups in total. The lowest BCUT2D eigenvalue weighted by Crippen LogP contribution is -2.16. The van der Waals surface area contributed by atoms with E-state index in [0.717, 1.165) is 5.69 Å². The number of allylic oxidation sites excluding steroid dienone is 1. The van der Waals surface area contributed by atoms with Crippen LogP contribution >= 0.6 is 0 Å². The largest absolute Gasteiger partial charge is 0.365 e. The lowest BCUT2D eigenvalue weighted by Gasteiger charge is -2.07. The molecule has 0 unspecified atom stereocenters. The molecule has 0 saturated heterocycles. The second-order valence-corrected chi connectivity index (χ2v) is 3.27. The van der Waals surface area contributed by atoms with Crippen LogP contribution in [0.15, 0.2) is 29.5 Å². The van der Waals surface area contributed by atoms with Gasteiger partial charge in [0.15, 0.2) is 0 Å². The molecule has 0 saturated carbocycles. The van der Waals surface area contributed by atoms with Gasteiger partial charge in [-0.1, -0.05) is 6.07 Å². The van der Waals surface area contributed by atoms with E-state index >= 15 is 0 Å². The Morgan fingerprint density at radius 1 is 1.56 bits per heavy atom. The van der Waals surface area contributed by atoms with E-state index < -0.39 is 5.91 Å². The van der Waals surface area contributed by atoms with Crippen molar-refractivity contribution in [3.05, 3.63) is 35.2 Å². The third-order valence-corrected chi connectivity index (χ3v) is 1.94. The highest BCUT2D eigenvalue weighted by Crippen LogP contribution is 2.09. The summed E-state index contributed by atoms with van der Waals surface area (Å²) in [4.78, 5) is 15.1. The first kappa shape index (κ1) is 11.7. The zero-order chi connectivity index (χ0) is 12.1. The number of nitrogens with one attached hydrogen (secondary N) is 1. The minimum atomic E-state index is -0.750. The van der Waals surface area contributed by atoms with Gasteiger partial charge < -0.3 is 11.1 Å². The fraction of sp³-hybridized carbons (Fsp3) is 0.182. The Bertz CT molecular complexity index is 485. The van der Waals surface area contributed by atoms with Crippen LogP contribution in [0.1, 0.15) is 12.6 Å². The molecule has 0 aliphatic carbocycles. The van der Waals surface area contributed by atoms with Crippen LogP contribution < -0.4 is 11.1 Å². The number of carbonyl (C=O) groups excluding carboxylic acids is 1. The second kappa shape index (κ2) is 4.94. The van der Waals surface area contributed by atoms with Crippen molar-refractivity contribution in [2.75, 3.05) is 5.32 Å². The first-order chi connectivity index (χ1) is 7.54. The van der Waals surface area contributed by atoms with Crippen LogP contribution in [-0.4, -0.2) is 10.9 Å². The van der Waals surface area contributed by atoms with Crippen LogP contribution in [0.3, 0.4) is 0 Å². The van der Waals surface area contributed by atoms with Crippen molar-refractivity contribution < 1.29 is 4.79 Å². The molecule has 0 fully saturated rings. The van der Waals surface area contributed by atoms with Crippen LogP contribution in [-0.2, 0) is 4.79 Å². The molecule has 1 heterocycles. The molecule has 5 nitrogen and oxygen atoms in total. The predicted molar refractivity (Wildman–Crippen MR) is 60.1 cm³/mol. The zero-order valence-corrected chi connectivity index (χ0v) is 9.11. The highest BCUT2D eigenvalue weighted by atomic mass is 16.1. The maximum atomic E-state index is 10.9. The second-order valence-electron chi connectivity index (χ2n) is 3.27. The minimum Gasteiger partial charge on any atom is -0.365 e. The molecule has 1 amide bonds. The Labute approximate surface area is 93.6 Å². The number of rotatable bonds is 3. The number of hydrogen-bond donors (Lipinski definition) is 2. The topological polar surface area (TPSA) is 91.8 Å². The van der Waals surface area contributed by atoms with Crippen molar-refractivity contribution >= 4 is 11.7 Å². The molecular formula is C11H12N4O. The predicted octanol–water partition coefficient (Wildman–Crippen LogP) is 1.08. The highest BCUT2D eigenvalue weighted by Gasteiger charge is 2.08. The minimum absolute atomic E-state index is 0.0942. The molecule has 0 atom stereocenters. The molecular weight excluding hydrogens is 204 g/mol. The average Bonchev–Trinajstić information content (AvgIpc) is 2.17. The van der Waals surface area contributed by atoms with Crippen molar-refractivity contribution in [2.24, 2.45) is 5.73 Å². The van der Waals surface area contributed by atoms with Gasteiger partial charge in [0.25, 0.3) is 5.91 Å². The molecule has 0 aliphatic rings. The summed E-state index contributed by atoms with van der Waals surface area (Å²) < 4.78 is 0. The number of carbonyl (C=O) groups is 1. The molecule has 0 aliphatic heterocycles. The summed E-state index contributed by atoms with van der Waals surface area (Å²) in [6.45, 7) is 3.46. The van der Waals surface area contributed by atoms with Gasteiger partial charge in [-0.15, -0.1) is 0 Å². The first-order valence-electron chi connectivity index (χ1n) is 4.66. The number of aromatic nitrogens is 1. The third kappa shape index (κ3) is 2.82. The number of nitriles is 1. The number of amides is 1. The normalized spacial score (nSPS) is 11.3. The van der Waals surface area contributed by atoms with Crippen molar-refractivity contribution in [3.63, 3.8) is 0 Å². The van der Waals surface area contributed by atoms with Gasteiger partial charge in [-0.3, -0.25) is 4.79 Å². The maximum absolute atomic E-state index is 10.9. The van der Waals surface area contributed by atoms with Gasteiger partial charge in [0.1, 0.15) is 17.5 Å². The number of pyridine rings is 1. The van der Waals surface area contributed by atoms with E-state index in [0.29, 0.717) is 11.5 Å². The number of primary amides is 1. The number of aryl methyl sites for hydroxylation is 1. The molecule has 5 heteroatoms. The van der Waals surface area contributed by atoms with E-state index in [9.17, 15) is 4.79 Å². The van der Waals surface area contributed by atoms with Gasteiger partial charge in [-0.05, 0) is 26.0 Å². The molecule has 1 rings (SSSR count). The molecule has 0 bridgehead atoms. The fourth-order valence-electron chi connectivity index (χ4n) is 1.19. The Kier molecular flexibility index (Phi) is 3.62. The molecule has 0 radical (unpaired) electrons. The number of anilines is 1. The summed E-state index contributed by atoms with van der Waals surface area (Å²) in [6, 6.07) is 7.17. The monoisotopic (exact) mass is 216 g/mol. The highest BCUT2D eigenvalue weighted by molar-refractivity contribution is 5.97. The summed E-state index contributed by atoms with van der Waals surface area (Å²) in [5.74, 6) is -0.174. The number of hydrogen-bond acceptors (Lipinski definition) is 4. The Hall–Kier alpha value is -2.35. The summed E-state index contributed by atoms with van der Waals surface area (Å²) in [6.07, 6.45) is 0. The van der Waals surface area contributed by atoms with E-state index in [2.05, 4.69) is 10.3 Å². The Balaban J connectivity index is 2.98. The van der Waals surface area contributed by atoms with Gasteiger partial charge in [0, 0.05) is 11.4 Å². The molecule has 0 aromatic carbocycles. The van der Waals surface area contributed by atoms with Gasteiger partial charge in [-0.2, -0.15) is 5.26 Å². The summed E-state index contributed by atoms with van der Waals surface area (Å²) in [7, 11) is 0. The van der Waals surface area contributed by atoms with Crippen LogP contribution in [0.5, 0.6) is 0 Å². The molecule has 1 aromatic rings. The number of nitrogens with zero attached hydrogens (tertiary/aromatic N) is 2. The summed E-state index contributed by atoms with van der Waals surface area (Å²) in [5, 5.41) is 11.6. The van der Waals surface area contributed by atoms with Gasteiger partial charge in [-0.25, -0.2) is 4.98 Å². The van der Waals surface area contributed by atoms with Gasteiger partial charge in [0.2, 0.25) is 0 Å². The quantitative estimate of drug-likeness (QED) is 0.584. The van der Waals surface area contributed by atoms with Crippen LogP contribution in [0.2, 0.25) is 0 Å². The van der Waals surface area contributed by atoms with E-state index in [-0.39, 0.29) is 5.57 Å². The van der Waals surface area contributed by atoms with Crippen LogP contribution in [0.4, 0.5) is 5.82 Å². The lowest BCUT2D eigenvalue weighted by molar-refractivity contribution is -0.114. The van der Waals surface area contributed by atoms with Gasteiger partial charge in [0.05, 0.1) is 0 Å². The van der Waals surface area contributed by atoms with E-state index in [1.807, 2.05) is 19.1 Å². The molecule has 16 heavy (non-hydrogen) atoms. The van der Waals surface area contributed by atoms with Crippen molar-refractivity contribution in [1.29, 1.82) is 5.26 Å². The van der Waals surface area contributed by atoms with E-state index in [1.165, 1.54) is 0 Å². The van der Waals surface area contributed by atoms with Gasteiger partial charge >= 0.3 is 0 Å². The van der Waals surface area contributed by atoms with Crippen molar-refractivity contribution in [2.45, 2.75) is 13.8 Å². The van der Waals surface area contributed by atoms with Crippen molar-refractivity contribution in [1.82, 2.24) is 4.98 Å².